The molecule has 0 bridgehead atoms. The van der Waals surface area contributed by atoms with Crippen LogP contribution in [0.5, 0.6) is 17.2 Å². The summed E-state index contributed by atoms with van der Waals surface area (Å²) in [5, 5.41) is 14.6. The number of carbonyl (C=O) groups excluding carboxylic acids is 1. The summed E-state index contributed by atoms with van der Waals surface area (Å²) < 4.78 is 17.8. The molecule has 0 aliphatic rings. The van der Waals surface area contributed by atoms with Crippen LogP contribution < -0.4 is 19.5 Å². The summed E-state index contributed by atoms with van der Waals surface area (Å²) in [5.74, 6) is 1.22. The molecule has 1 amide bonds. The van der Waals surface area contributed by atoms with Gasteiger partial charge in [-0.15, -0.1) is 0 Å². The van der Waals surface area contributed by atoms with E-state index in [1.54, 1.807) is 43.5 Å². The van der Waals surface area contributed by atoms with Gasteiger partial charge in [-0.25, -0.2) is 0 Å². The van der Waals surface area contributed by atoms with Crippen molar-refractivity contribution >= 4 is 44.4 Å². The summed E-state index contributed by atoms with van der Waals surface area (Å²) in [5.41, 5.74) is 2.18. The second-order valence-electron chi connectivity index (χ2n) is 8.04. The average molecular weight is 557 g/mol. The molecule has 186 valence electrons. The number of carbonyl (C=O) groups is 1. The van der Waals surface area contributed by atoms with Gasteiger partial charge in [-0.05, 0) is 87.2 Å². The quantitative estimate of drug-likeness (QED) is 0.175. The molecule has 0 saturated heterocycles. The highest BCUT2D eigenvalue weighted by atomic mass is 79.9. The number of halogens is 1. The van der Waals surface area contributed by atoms with Crippen LogP contribution >= 0.6 is 15.9 Å². The third-order valence-electron chi connectivity index (χ3n) is 5.61. The molecule has 0 saturated carbocycles. The fourth-order valence-electron chi connectivity index (χ4n) is 3.83. The number of rotatable bonds is 9. The van der Waals surface area contributed by atoms with Crippen LogP contribution in [0.4, 0.5) is 5.69 Å². The number of ether oxygens (including phenoxy) is 3. The highest BCUT2D eigenvalue weighted by Crippen LogP contribution is 2.38. The maximum absolute atomic E-state index is 12.7. The van der Waals surface area contributed by atoms with Crippen molar-refractivity contribution < 1.29 is 19.0 Å². The van der Waals surface area contributed by atoms with Crippen LogP contribution in [0.15, 0.2) is 88.9 Å². The van der Waals surface area contributed by atoms with Crippen molar-refractivity contribution in [2.24, 2.45) is 0 Å². The van der Waals surface area contributed by atoms with E-state index in [9.17, 15) is 10.1 Å². The van der Waals surface area contributed by atoms with E-state index in [0.29, 0.717) is 46.2 Å². The standard InChI is InChI=1S/C30H25BrN2O4/c1-3-36-28-17-20(15-23(18-32)30(34)33-24-11-13-25(35-2)14-12-24)16-27(31)29(28)37-19-22-9-6-8-21-7-4-5-10-26(21)22/h4-17H,3,19H2,1-2H3,(H,33,34)/b23-15+. The number of anilines is 1. The fraction of sp³-hybridized carbons (Fsp3) is 0.133. The number of fused-ring (bicyclic) bond motifs is 1. The van der Waals surface area contributed by atoms with Crippen LogP contribution in [0.1, 0.15) is 18.1 Å². The van der Waals surface area contributed by atoms with E-state index in [0.717, 1.165) is 16.3 Å². The normalized spacial score (nSPS) is 11.0. The SMILES string of the molecule is CCOc1cc(/C=C(\C#N)C(=O)Nc2ccc(OC)cc2)cc(Br)c1OCc1cccc2ccccc12. The van der Waals surface area contributed by atoms with Gasteiger partial charge in [-0.2, -0.15) is 5.26 Å². The molecule has 0 radical (unpaired) electrons. The van der Waals surface area contributed by atoms with Gasteiger partial charge in [0, 0.05) is 5.69 Å². The van der Waals surface area contributed by atoms with Gasteiger partial charge in [-0.3, -0.25) is 4.79 Å². The first-order valence-corrected chi connectivity index (χ1v) is 12.4. The molecule has 0 heterocycles. The van der Waals surface area contributed by atoms with Crippen molar-refractivity contribution in [3.8, 4) is 23.3 Å². The molecule has 0 fully saturated rings. The lowest BCUT2D eigenvalue weighted by molar-refractivity contribution is -0.112. The Balaban J connectivity index is 1.57. The zero-order valence-corrected chi connectivity index (χ0v) is 22.0. The van der Waals surface area contributed by atoms with Crippen LogP contribution in [0.3, 0.4) is 0 Å². The summed E-state index contributed by atoms with van der Waals surface area (Å²) in [6, 6.07) is 26.7. The van der Waals surface area contributed by atoms with Crippen LogP contribution in [0.2, 0.25) is 0 Å². The minimum absolute atomic E-state index is 0.0467. The van der Waals surface area contributed by atoms with E-state index in [2.05, 4.69) is 39.4 Å². The Morgan fingerprint density at radius 1 is 1.03 bits per heavy atom. The summed E-state index contributed by atoms with van der Waals surface area (Å²) in [7, 11) is 1.57. The summed E-state index contributed by atoms with van der Waals surface area (Å²) >= 11 is 3.58. The minimum atomic E-state index is -0.516. The van der Waals surface area contributed by atoms with Crippen LogP contribution in [0, 0.1) is 11.3 Å². The van der Waals surface area contributed by atoms with Crippen molar-refractivity contribution in [3.05, 3.63) is 100 Å². The van der Waals surface area contributed by atoms with Gasteiger partial charge in [-0.1, -0.05) is 42.5 Å². The number of benzene rings is 4. The van der Waals surface area contributed by atoms with Crippen LogP contribution in [-0.4, -0.2) is 19.6 Å². The Kier molecular flexibility index (Phi) is 8.44. The van der Waals surface area contributed by atoms with E-state index in [1.165, 1.54) is 6.08 Å². The maximum Gasteiger partial charge on any atom is 0.266 e. The Bertz CT molecular complexity index is 1480. The van der Waals surface area contributed by atoms with Crippen molar-refractivity contribution in [1.82, 2.24) is 0 Å². The maximum atomic E-state index is 12.7. The molecular weight excluding hydrogens is 532 g/mol. The summed E-state index contributed by atoms with van der Waals surface area (Å²) in [6.45, 7) is 2.66. The lowest BCUT2D eigenvalue weighted by Gasteiger charge is -2.16. The first kappa shape index (κ1) is 25.8. The first-order valence-electron chi connectivity index (χ1n) is 11.7. The van der Waals surface area contributed by atoms with Crippen LogP contribution in [-0.2, 0) is 11.4 Å². The average Bonchev–Trinajstić information content (AvgIpc) is 2.92. The van der Waals surface area contributed by atoms with Crippen LogP contribution in [0.25, 0.3) is 16.8 Å². The van der Waals surface area contributed by atoms with Gasteiger partial charge in [0.25, 0.3) is 5.91 Å². The Morgan fingerprint density at radius 3 is 2.51 bits per heavy atom. The molecule has 0 unspecified atom stereocenters. The highest BCUT2D eigenvalue weighted by molar-refractivity contribution is 9.10. The second-order valence-corrected chi connectivity index (χ2v) is 8.90. The molecule has 4 aromatic carbocycles. The predicted octanol–water partition coefficient (Wildman–Crippen LogP) is 7.13. The molecule has 4 aromatic rings. The largest absolute Gasteiger partial charge is 0.497 e. The summed E-state index contributed by atoms with van der Waals surface area (Å²) in [4.78, 5) is 12.7. The zero-order chi connectivity index (χ0) is 26.2. The van der Waals surface area contributed by atoms with E-state index >= 15 is 0 Å². The first-order chi connectivity index (χ1) is 18.0. The molecule has 0 atom stereocenters. The Morgan fingerprint density at radius 2 is 1.78 bits per heavy atom. The molecule has 7 heteroatoms. The molecule has 1 N–H and O–H groups in total. The van der Waals surface area contributed by atoms with Crippen molar-refractivity contribution in [2.75, 3.05) is 19.0 Å². The van der Waals surface area contributed by atoms with Gasteiger partial charge >= 0.3 is 0 Å². The van der Waals surface area contributed by atoms with E-state index < -0.39 is 5.91 Å². The molecule has 6 nitrogen and oxygen atoms in total. The molecule has 0 aliphatic carbocycles. The number of amides is 1. The van der Waals surface area contributed by atoms with Gasteiger partial charge in [0.2, 0.25) is 0 Å². The minimum Gasteiger partial charge on any atom is -0.497 e. The number of nitrogens with zero attached hydrogens (tertiary/aromatic N) is 1. The third-order valence-corrected chi connectivity index (χ3v) is 6.20. The monoisotopic (exact) mass is 556 g/mol. The van der Waals surface area contributed by atoms with Crippen molar-refractivity contribution in [3.63, 3.8) is 0 Å². The molecule has 4 rings (SSSR count). The molecular formula is C30H25BrN2O4. The number of hydrogen-bond acceptors (Lipinski definition) is 5. The van der Waals surface area contributed by atoms with Gasteiger partial charge in [0.15, 0.2) is 11.5 Å². The number of methoxy groups -OCH3 is 1. The third kappa shape index (κ3) is 6.29. The number of hydrogen-bond donors (Lipinski definition) is 1. The zero-order valence-electron chi connectivity index (χ0n) is 20.5. The molecule has 0 aliphatic heterocycles. The fourth-order valence-corrected chi connectivity index (χ4v) is 4.40. The van der Waals surface area contributed by atoms with E-state index in [1.807, 2.05) is 37.3 Å². The second kappa shape index (κ2) is 12.1. The van der Waals surface area contributed by atoms with Crippen molar-refractivity contribution in [1.29, 1.82) is 5.26 Å². The highest BCUT2D eigenvalue weighted by Gasteiger charge is 2.15. The number of nitriles is 1. The predicted molar refractivity (Wildman–Crippen MR) is 149 cm³/mol. The lowest BCUT2D eigenvalue weighted by Crippen LogP contribution is -2.13. The topological polar surface area (TPSA) is 80.6 Å². The van der Waals surface area contributed by atoms with E-state index in [4.69, 9.17) is 14.2 Å². The van der Waals surface area contributed by atoms with Crippen molar-refractivity contribution in [2.45, 2.75) is 13.5 Å². The van der Waals surface area contributed by atoms with Gasteiger partial charge in [0.1, 0.15) is 24.0 Å². The lowest BCUT2D eigenvalue weighted by atomic mass is 10.1. The molecule has 37 heavy (non-hydrogen) atoms. The Hall–Kier alpha value is -4.28. The van der Waals surface area contributed by atoms with E-state index in [-0.39, 0.29) is 5.57 Å². The summed E-state index contributed by atoms with van der Waals surface area (Å²) in [6.07, 6.45) is 1.51. The Labute approximate surface area is 224 Å². The van der Waals surface area contributed by atoms with Gasteiger partial charge < -0.3 is 19.5 Å². The van der Waals surface area contributed by atoms with Gasteiger partial charge in [0.05, 0.1) is 18.2 Å². The molecule has 0 aromatic heterocycles. The smallest absolute Gasteiger partial charge is 0.266 e. The molecule has 0 spiro atoms. The number of nitrogens with one attached hydrogen (secondary N) is 1.